The van der Waals surface area contributed by atoms with Gasteiger partial charge in [0, 0.05) is 6.20 Å². The lowest BCUT2D eigenvalue weighted by Crippen LogP contribution is -2.19. The van der Waals surface area contributed by atoms with Crippen molar-refractivity contribution < 1.29 is 4.84 Å². The van der Waals surface area contributed by atoms with Gasteiger partial charge in [0.15, 0.2) is 0 Å². The highest BCUT2D eigenvalue weighted by Gasteiger charge is 2.20. The Bertz CT molecular complexity index is 307. The summed E-state index contributed by atoms with van der Waals surface area (Å²) in [5.74, 6) is 0. The van der Waals surface area contributed by atoms with Gasteiger partial charge in [-0.1, -0.05) is 36.4 Å². The molecular weight excluding hydrogens is 174 g/mol. The lowest BCUT2D eigenvalue weighted by atomic mass is 10.1. The zero-order valence-corrected chi connectivity index (χ0v) is 8.39. The Kier molecular flexibility index (Phi) is 2.84. The topological polar surface area (TPSA) is 12.5 Å². The van der Waals surface area contributed by atoms with Crippen LogP contribution in [0, 0.1) is 0 Å². The smallest absolute Gasteiger partial charge is 0.0843 e. The number of hydrogen-bond donors (Lipinski definition) is 0. The Balaban J connectivity index is 2.12. The molecule has 2 heteroatoms. The molecule has 0 fully saturated rings. The van der Waals surface area contributed by atoms with Gasteiger partial charge in [-0.25, -0.2) is 0 Å². The largest absolute Gasteiger partial charge is 0.274 e. The van der Waals surface area contributed by atoms with Crippen LogP contribution in [0.15, 0.2) is 42.6 Å². The lowest BCUT2D eigenvalue weighted by molar-refractivity contribution is -0.137. The van der Waals surface area contributed by atoms with E-state index < -0.39 is 0 Å². The fourth-order valence-corrected chi connectivity index (χ4v) is 1.74. The minimum absolute atomic E-state index is 0.358. The van der Waals surface area contributed by atoms with Gasteiger partial charge >= 0.3 is 0 Å². The summed E-state index contributed by atoms with van der Waals surface area (Å²) in [6, 6.07) is 10.8. The number of hydroxylamine groups is 2. The molecule has 1 aromatic carbocycles. The van der Waals surface area contributed by atoms with Crippen molar-refractivity contribution >= 4 is 0 Å². The second kappa shape index (κ2) is 4.29. The van der Waals surface area contributed by atoms with E-state index in [-0.39, 0.29) is 0 Å². The molecule has 0 amide bonds. The lowest BCUT2D eigenvalue weighted by Gasteiger charge is -2.24. The summed E-state index contributed by atoms with van der Waals surface area (Å²) in [6.45, 7) is 2.72. The van der Waals surface area contributed by atoms with Crippen LogP contribution in [0.4, 0.5) is 0 Å². The van der Waals surface area contributed by atoms with Crippen molar-refractivity contribution in [3.05, 3.63) is 48.2 Å². The average Bonchev–Trinajstić information content (AvgIpc) is 2.68. The van der Waals surface area contributed by atoms with Crippen molar-refractivity contribution in [2.24, 2.45) is 0 Å². The fourth-order valence-electron chi connectivity index (χ4n) is 1.74. The Labute approximate surface area is 84.8 Å². The molecule has 0 saturated carbocycles. The van der Waals surface area contributed by atoms with Gasteiger partial charge in [-0.05, 0) is 18.9 Å². The highest BCUT2D eigenvalue weighted by molar-refractivity contribution is 5.21. The molecule has 74 valence electrons. The molecule has 14 heavy (non-hydrogen) atoms. The molecule has 0 radical (unpaired) electrons. The predicted molar refractivity (Wildman–Crippen MR) is 56.4 cm³/mol. The normalized spacial score (nSPS) is 20.4. The Morgan fingerprint density at radius 2 is 2.14 bits per heavy atom. The summed E-state index contributed by atoms with van der Waals surface area (Å²) in [5, 5.41) is 1.94. The summed E-state index contributed by atoms with van der Waals surface area (Å²) < 4.78 is 0. The first-order valence-electron chi connectivity index (χ1n) is 5.04. The molecule has 2 rings (SSSR count). The Hall–Kier alpha value is -1.28. The van der Waals surface area contributed by atoms with E-state index >= 15 is 0 Å². The van der Waals surface area contributed by atoms with E-state index in [0.717, 1.165) is 6.42 Å². The molecule has 1 heterocycles. The van der Waals surface area contributed by atoms with Crippen molar-refractivity contribution in [3.8, 4) is 0 Å². The van der Waals surface area contributed by atoms with Gasteiger partial charge in [0.25, 0.3) is 0 Å². The van der Waals surface area contributed by atoms with Gasteiger partial charge in [0.2, 0.25) is 0 Å². The number of hydrogen-bond acceptors (Lipinski definition) is 2. The van der Waals surface area contributed by atoms with Gasteiger partial charge in [-0.15, -0.1) is 0 Å². The molecule has 0 aliphatic carbocycles. The van der Waals surface area contributed by atoms with Crippen LogP contribution in [0.25, 0.3) is 0 Å². The second-order valence-electron chi connectivity index (χ2n) is 3.32. The van der Waals surface area contributed by atoms with Gasteiger partial charge in [0.05, 0.1) is 12.6 Å². The van der Waals surface area contributed by atoms with Gasteiger partial charge < -0.3 is 0 Å². The monoisotopic (exact) mass is 189 g/mol. The van der Waals surface area contributed by atoms with E-state index in [2.05, 4.69) is 30.3 Å². The van der Waals surface area contributed by atoms with E-state index in [9.17, 15) is 0 Å². The van der Waals surface area contributed by atoms with Crippen molar-refractivity contribution in [2.45, 2.75) is 19.4 Å². The summed E-state index contributed by atoms with van der Waals surface area (Å²) >= 11 is 0. The number of benzene rings is 1. The maximum Gasteiger partial charge on any atom is 0.0843 e. The van der Waals surface area contributed by atoms with Gasteiger partial charge in [-0.2, -0.15) is 0 Å². The molecule has 0 spiro atoms. The molecule has 2 nitrogen and oxygen atoms in total. The molecule has 1 aliphatic rings. The first-order valence-corrected chi connectivity index (χ1v) is 5.04. The molecule has 1 aliphatic heterocycles. The molecule has 1 atom stereocenters. The maximum atomic E-state index is 5.52. The Morgan fingerprint density at radius 1 is 1.36 bits per heavy atom. The molecular formula is C12H15NO. The standard InChI is InChI=1S/C12H15NO/c1-2-14-13-10-6-9-12(13)11-7-4-3-5-8-11/h3-8,10,12H,2,9H2,1H3. The van der Waals surface area contributed by atoms with Crippen LogP contribution in [-0.4, -0.2) is 11.7 Å². The van der Waals surface area contributed by atoms with E-state index in [1.807, 2.05) is 24.3 Å². The molecule has 0 N–H and O–H groups in total. The summed E-state index contributed by atoms with van der Waals surface area (Å²) in [6.07, 6.45) is 5.19. The molecule has 1 unspecified atom stereocenters. The molecule has 0 bridgehead atoms. The number of nitrogens with zero attached hydrogens (tertiary/aromatic N) is 1. The van der Waals surface area contributed by atoms with Crippen LogP contribution in [0.5, 0.6) is 0 Å². The van der Waals surface area contributed by atoms with Gasteiger partial charge in [-0.3, -0.25) is 9.90 Å². The summed E-state index contributed by atoms with van der Waals surface area (Å²) in [5.41, 5.74) is 1.31. The number of rotatable bonds is 3. The van der Waals surface area contributed by atoms with Crippen LogP contribution in [0.2, 0.25) is 0 Å². The third kappa shape index (κ3) is 1.80. The van der Waals surface area contributed by atoms with E-state index in [0.29, 0.717) is 12.6 Å². The van der Waals surface area contributed by atoms with Crippen LogP contribution >= 0.6 is 0 Å². The van der Waals surface area contributed by atoms with E-state index in [1.165, 1.54) is 5.56 Å². The SMILES string of the molecule is CCON1C=CCC1c1ccccc1. The average molecular weight is 189 g/mol. The minimum atomic E-state index is 0.358. The van der Waals surface area contributed by atoms with Gasteiger partial charge in [0.1, 0.15) is 0 Å². The third-order valence-electron chi connectivity index (χ3n) is 2.38. The first kappa shape index (κ1) is 9.28. The van der Waals surface area contributed by atoms with Crippen molar-refractivity contribution in [1.82, 2.24) is 5.06 Å². The van der Waals surface area contributed by atoms with Crippen molar-refractivity contribution in [1.29, 1.82) is 0 Å². The summed E-state index contributed by atoms with van der Waals surface area (Å²) in [7, 11) is 0. The fraction of sp³-hybridized carbons (Fsp3) is 0.333. The summed E-state index contributed by atoms with van der Waals surface area (Å²) in [4.78, 5) is 5.52. The minimum Gasteiger partial charge on any atom is -0.274 e. The third-order valence-corrected chi connectivity index (χ3v) is 2.38. The van der Waals surface area contributed by atoms with Crippen molar-refractivity contribution in [3.63, 3.8) is 0 Å². The van der Waals surface area contributed by atoms with Crippen LogP contribution in [0.1, 0.15) is 24.9 Å². The quantitative estimate of drug-likeness (QED) is 0.725. The Morgan fingerprint density at radius 3 is 2.86 bits per heavy atom. The zero-order valence-electron chi connectivity index (χ0n) is 8.39. The van der Waals surface area contributed by atoms with E-state index in [1.54, 1.807) is 0 Å². The van der Waals surface area contributed by atoms with Crippen LogP contribution in [-0.2, 0) is 4.84 Å². The highest BCUT2D eigenvalue weighted by atomic mass is 16.7. The first-order chi connectivity index (χ1) is 6.92. The molecule has 0 aromatic heterocycles. The van der Waals surface area contributed by atoms with Crippen molar-refractivity contribution in [2.75, 3.05) is 6.61 Å². The predicted octanol–water partition coefficient (Wildman–Crippen LogP) is 2.90. The molecule has 0 saturated heterocycles. The highest BCUT2D eigenvalue weighted by Crippen LogP contribution is 2.29. The zero-order chi connectivity index (χ0) is 9.80. The van der Waals surface area contributed by atoms with Crippen LogP contribution in [0.3, 0.4) is 0 Å². The molecule has 1 aromatic rings. The second-order valence-corrected chi connectivity index (χ2v) is 3.32. The van der Waals surface area contributed by atoms with E-state index in [4.69, 9.17) is 4.84 Å². The van der Waals surface area contributed by atoms with Crippen LogP contribution < -0.4 is 0 Å². The maximum absolute atomic E-state index is 5.52.